The number of amides is 1. The SMILES string of the molecule is Cc1ccc(NS(=O)(=O)c2ccc(C(=O)NNc3c(F)c(F)c(F)c(F)c3F)cc2)cc1. The third-order valence-electron chi connectivity index (χ3n) is 4.24. The van der Waals surface area contributed by atoms with Crippen molar-refractivity contribution in [1.29, 1.82) is 0 Å². The third kappa shape index (κ3) is 4.64. The van der Waals surface area contributed by atoms with Gasteiger partial charge in [0.1, 0.15) is 5.69 Å². The first-order valence-electron chi connectivity index (χ1n) is 8.78. The minimum Gasteiger partial charge on any atom is -0.293 e. The molecule has 0 aromatic heterocycles. The van der Waals surface area contributed by atoms with Crippen LogP contribution in [-0.4, -0.2) is 14.3 Å². The Hall–Kier alpha value is -3.67. The molecule has 0 aliphatic rings. The molecule has 3 aromatic rings. The summed E-state index contributed by atoms with van der Waals surface area (Å²) in [4.78, 5) is 11.9. The number of nitrogens with one attached hydrogen (secondary N) is 3. The van der Waals surface area contributed by atoms with Crippen molar-refractivity contribution in [3.63, 3.8) is 0 Å². The summed E-state index contributed by atoms with van der Waals surface area (Å²) < 4.78 is 94.0. The van der Waals surface area contributed by atoms with Gasteiger partial charge in [0.05, 0.1) is 4.90 Å². The lowest BCUT2D eigenvalue weighted by molar-refractivity contribution is 0.0962. The maximum absolute atomic E-state index is 13.6. The molecule has 1 amide bonds. The van der Waals surface area contributed by atoms with E-state index in [4.69, 9.17) is 0 Å². The normalized spacial score (nSPS) is 11.2. The third-order valence-corrected chi connectivity index (χ3v) is 5.64. The van der Waals surface area contributed by atoms with Crippen LogP contribution in [-0.2, 0) is 10.0 Å². The summed E-state index contributed by atoms with van der Waals surface area (Å²) in [6.45, 7) is 1.84. The van der Waals surface area contributed by atoms with Gasteiger partial charge in [-0.25, -0.2) is 30.4 Å². The molecule has 3 rings (SSSR count). The zero-order valence-electron chi connectivity index (χ0n) is 16.1. The zero-order chi connectivity index (χ0) is 23.6. The molecule has 0 unspecified atom stereocenters. The topological polar surface area (TPSA) is 87.3 Å². The van der Waals surface area contributed by atoms with Crippen LogP contribution in [0.1, 0.15) is 15.9 Å². The van der Waals surface area contributed by atoms with Gasteiger partial charge in [-0.1, -0.05) is 17.7 Å². The van der Waals surface area contributed by atoms with Crippen LogP contribution in [0.2, 0.25) is 0 Å². The fourth-order valence-electron chi connectivity index (χ4n) is 2.53. The maximum atomic E-state index is 13.6. The van der Waals surface area contributed by atoms with Crippen LogP contribution >= 0.6 is 0 Å². The van der Waals surface area contributed by atoms with Gasteiger partial charge < -0.3 is 0 Å². The van der Waals surface area contributed by atoms with E-state index >= 15 is 0 Å². The molecule has 0 atom stereocenters. The summed E-state index contributed by atoms with van der Waals surface area (Å²) in [5.74, 6) is -12.1. The second-order valence-corrected chi connectivity index (χ2v) is 8.20. The number of carbonyl (C=O) groups is 1. The average Bonchev–Trinajstić information content (AvgIpc) is 2.77. The van der Waals surface area contributed by atoms with Gasteiger partial charge in [0, 0.05) is 11.3 Å². The van der Waals surface area contributed by atoms with E-state index in [0.717, 1.165) is 29.8 Å². The van der Waals surface area contributed by atoms with Crippen molar-refractivity contribution in [3.8, 4) is 0 Å². The van der Waals surface area contributed by atoms with Crippen molar-refractivity contribution in [2.24, 2.45) is 0 Å². The maximum Gasteiger partial charge on any atom is 0.269 e. The molecule has 12 heteroatoms. The van der Waals surface area contributed by atoms with Crippen LogP contribution in [0, 0.1) is 36.0 Å². The Bertz CT molecular complexity index is 1250. The molecule has 0 aliphatic heterocycles. The van der Waals surface area contributed by atoms with Crippen LogP contribution in [0.4, 0.5) is 33.3 Å². The van der Waals surface area contributed by atoms with Crippen LogP contribution in [0.5, 0.6) is 0 Å². The summed E-state index contributed by atoms with van der Waals surface area (Å²) in [5, 5.41) is 0. The van der Waals surface area contributed by atoms with E-state index in [9.17, 15) is 35.2 Å². The highest BCUT2D eigenvalue weighted by Crippen LogP contribution is 2.26. The standard InChI is InChI=1S/C20H14F5N3O3S/c1-10-2-6-12(7-3-10)28-32(30,31)13-8-4-11(5-9-13)20(29)27-26-19-17(24)15(22)14(21)16(23)18(19)25/h2-9,26,28H,1H3,(H,27,29). The van der Waals surface area contributed by atoms with Crippen molar-refractivity contribution in [1.82, 2.24) is 5.43 Å². The Labute approximate surface area is 179 Å². The molecular weight excluding hydrogens is 457 g/mol. The van der Waals surface area contributed by atoms with Crippen LogP contribution in [0.3, 0.4) is 0 Å². The predicted molar refractivity (Wildman–Crippen MR) is 106 cm³/mol. The lowest BCUT2D eigenvalue weighted by atomic mass is 10.2. The average molecular weight is 471 g/mol. The highest BCUT2D eigenvalue weighted by atomic mass is 32.2. The van der Waals surface area contributed by atoms with E-state index in [2.05, 4.69) is 4.72 Å². The lowest BCUT2D eigenvalue weighted by Crippen LogP contribution is -2.31. The molecule has 0 spiro atoms. The number of aryl methyl sites for hydroxylation is 1. The second-order valence-electron chi connectivity index (χ2n) is 6.52. The van der Waals surface area contributed by atoms with E-state index in [1.807, 2.05) is 6.92 Å². The summed E-state index contributed by atoms with van der Waals surface area (Å²) >= 11 is 0. The molecule has 3 aromatic carbocycles. The van der Waals surface area contributed by atoms with Gasteiger partial charge in [-0.15, -0.1) is 0 Å². The first-order chi connectivity index (χ1) is 15.0. The van der Waals surface area contributed by atoms with Crippen LogP contribution in [0.15, 0.2) is 53.4 Å². The molecule has 0 saturated heterocycles. The summed E-state index contributed by atoms with van der Waals surface area (Å²) in [6, 6.07) is 11.0. The smallest absolute Gasteiger partial charge is 0.269 e. The van der Waals surface area contributed by atoms with Crippen LogP contribution < -0.4 is 15.6 Å². The number of anilines is 2. The molecule has 3 N–H and O–H groups in total. The number of rotatable bonds is 6. The molecule has 0 saturated carbocycles. The molecule has 0 aliphatic carbocycles. The van der Waals surface area contributed by atoms with E-state index in [-0.39, 0.29) is 10.5 Å². The van der Waals surface area contributed by atoms with Crippen molar-refractivity contribution >= 4 is 27.3 Å². The Kier molecular flexibility index (Phi) is 6.35. The lowest BCUT2D eigenvalue weighted by Gasteiger charge is -2.12. The number of benzene rings is 3. The second kappa shape index (κ2) is 8.83. The molecule has 168 valence electrons. The molecule has 0 bridgehead atoms. The van der Waals surface area contributed by atoms with Gasteiger partial charge in [0.25, 0.3) is 15.9 Å². The molecule has 0 heterocycles. The monoisotopic (exact) mass is 471 g/mol. The number of hydrogen-bond donors (Lipinski definition) is 3. The Morgan fingerprint density at radius 1 is 0.750 bits per heavy atom. The van der Waals surface area contributed by atoms with Crippen molar-refractivity contribution in [2.75, 3.05) is 10.1 Å². The van der Waals surface area contributed by atoms with Crippen molar-refractivity contribution in [3.05, 3.63) is 88.7 Å². The van der Waals surface area contributed by atoms with Gasteiger partial charge in [0.2, 0.25) is 5.82 Å². The van der Waals surface area contributed by atoms with Gasteiger partial charge in [0.15, 0.2) is 23.3 Å². The number of hydrazine groups is 1. The van der Waals surface area contributed by atoms with Gasteiger partial charge in [-0.3, -0.25) is 20.4 Å². The van der Waals surface area contributed by atoms with Crippen molar-refractivity contribution in [2.45, 2.75) is 11.8 Å². The molecule has 0 radical (unpaired) electrons. The fourth-order valence-corrected chi connectivity index (χ4v) is 3.59. The summed E-state index contributed by atoms with van der Waals surface area (Å²) in [5.41, 5.74) is 3.08. The number of hydrogen-bond acceptors (Lipinski definition) is 4. The van der Waals surface area contributed by atoms with Gasteiger partial charge in [-0.05, 0) is 43.3 Å². The minimum absolute atomic E-state index is 0.157. The number of sulfonamides is 1. The van der Waals surface area contributed by atoms with Gasteiger partial charge >= 0.3 is 0 Å². The molecule has 0 fully saturated rings. The molecule has 6 nitrogen and oxygen atoms in total. The first kappa shape index (κ1) is 23.0. The summed E-state index contributed by atoms with van der Waals surface area (Å²) in [7, 11) is -3.96. The molecule has 32 heavy (non-hydrogen) atoms. The Balaban J connectivity index is 1.73. The zero-order valence-corrected chi connectivity index (χ0v) is 17.0. The molecular formula is C20H14F5N3O3S. The Morgan fingerprint density at radius 2 is 1.25 bits per heavy atom. The summed E-state index contributed by atoms with van der Waals surface area (Å²) in [6.07, 6.45) is 0. The van der Waals surface area contributed by atoms with E-state index in [0.29, 0.717) is 5.69 Å². The number of carbonyl (C=O) groups excluding carboxylic acids is 1. The Morgan fingerprint density at radius 3 is 1.78 bits per heavy atom. The largest absolute Gasteiger partial charge is 0.293 e. The van der Waals surface area contributed by atoms with Gasteiger partial charge in [-0.2, -0.15) is 0 Å². The highest BCUT2D eigenvalue weighted by molar-refractivity contribution is 7.92. The van der Waals surface area contributed by atoms with E-state index in [1.54, 1.807) is 35.1 Å². The van der Waals surface area contributed by atoms with Crippen molar-refractivity contribution < 1.29 is 35.2 Å². The minimum atomic E-state index is -3.96. The van der Waals surface area contributed by atoms with E-state index < -0.39 is 50.7 Å². The highest BCUT2D eigenvalue weighted by Gasteiger charge is 2.26. The fraction of sp³-hybridized carbons (Fsp3) is 0.0500. The first-order valence-corrected chi connectivity index (χ1v) is 10.3. The number of halogens is 5. The van der Waals surface area contributed by atoms with Crippen LogP contribution in [0.25, 0.3) is 0 Å². The van der Waals surface area contributed by atoms with E-state index in [1.165, 1.54) is 0 Å². The quantitative estimate of drug-likeness (QED) is 0.217. The predicted octanol–water partition coefficient (Wildman–Crippen LogP) is 4.25.